The second kappa shape index (κ2) is 9.84. The maximum absolute atomic E-state index is 13.9. The number of benzene rings is 1. The summed E-state index contributed by atoms with van der Waals surface area (Å²) in [6, 6.07) is 7.61. The van der Waals surface area contributed by atoms with Crippen LogP contribution < -0.4 is 16.8 Å². The van der Waals surface area contributed by atoms with Crippen molar-refractivity contribution in [2.75, 3.05) is 24.1 Å². The lowest BCUT2D eigenvalue weighted by molar-refractivity contribution is -0.140. The number of hydrogen-bond donors (Lipinski definition) is 3. The van der Waals surface area contributed by atoms with Crippen molar-refractivity contribution in [3.8, 4) is 17.1 Å². The Hall–Kier alpha value is -4.43. The predicted octanol–water partition coefficient (Wildman–Crippen LogP) is 3.74. The molecule has 2 aliphatic rings. The van der Waals surface area contributed by atoms with Gasteiger partial charge in [-0.25, -0.2) is 14.6 Å². The summed E-state index contributed by atoms with van der Waals surface area (Å²) in [6.45, 7) is 1.28. The van der Waals surface area contributed by atoms with Crippen LogP contribution in [0.3, 0.4) is 0 Å². The summed E-state index contributed by atoms with van der Waals surface area (Å²) in [4.78, 5) is 35.8. The summed E-state index contributed by atoms with van der Waals surface area (Å²) < 4.78 is 44.0. The lowest BCUT2D eigenvalue weighted by atomic mass is 9.61. The van der Waals surface area contributed by atoms with Crippen molar-refractivity contribution >= 4 is 34.8 Å². The minimum Gasteiger partial charge on any atom is -0.397 e. The number of aromatic nitrogens is 5. The molecule has 1 spiro atoms. The van der Waals surface area contributed by atoms with E-state index in [1.165, 1.54) is 48.1 Å². The number of nitrogen functional groups attached to an aromatic ring is 1. The molecule has 2 fully saturated rings. The highest BCUT2D eigenvalue weighted by Crippen LogP contribution is 2.48. The topological polar surface area (TPSA) is 150 Å². The molecule has 218 valence electrons. The normalized spacial score (nSPS) is 16.3. The van der Waals surface area contributed by atoms with Gasteiger partial charge in [0.05, 0.1) is 39.9 Å². The summed E-state index contributed by atoms with van der Waals surface area (Å²) in [5.41, 5.74) is 11.1. The molecule has 1 aliphatic heterocycles. The standard InChI is InChI=1S/C27H25ClF3N9O2/c1-38-20(18-11-40(37-22(18)27(29,30)31)21-5-2-14(32)9-34-21)10-35-23(38)24(41)36-16-3-4-17(19(28)6-16)25(42)39-12-26(13-39)7-15(33)8-26/h2-6,9-11,15H,7-8,12-13,32-33H2,1H3,(H,36,41). The molecule has 1 aliphatic carbocycles. The second-order valence-corrected chi connectivity index (χ2v) is 11.2. The van der Waals surface area contributed by atoms with Gasteiger partial charge in [0.25, 0.3) is 11.8 Å². The fraction of sp³-hybridized carbons (Fsp3) is 0.296. The maximum Gasteiger partial charge on any atom is 0.435 e. The number of carbonyl (C=O) groups is 2. The third-order valence-electron chi connectivity index (χ3n) is 7.64. The largest absolute Gasteiger partial charge is 0.435 e. The third kappa shape index (κ3) is 4.86. The molecule has 42 heavy (non-hydrogen) atoms. The molecule has 0 radical (unpaired) electrons. The van der Waals surface area contributed by atoms with Crippen LogP contribution in [0.1, 0.15) is 39.5 Å². The molecule has 0 unspecified atom stereocenters. The summed E-state index contributed by atoms with van der Waals surface area (Å²) >= 11 is 6.39. The molecule has 15 heteroatoms. The number of anilines is 2. The third-order valence-corrected chi connectivity index (χ3v) is 7.96. The summed E-state index contributed by atoms with van der Waals surface area (Å²) in [5, 5.41) is 6.48. The summed E-state index contributed by atoms with van der Waals surface area (Å²) in [7, 11) is 1.42. The monoisotopic (exact) mass is 599 g/mol. The van der Waals surface area contributed by atoms with E-state index in [9.17, 15) is 22.8 Å². The van der Waals surface area contributed by atoms with E-state index in [-0.39, 0.29) is 51.0 Å². The average Bonchev–Trinajstić information content (AvgIpc) is 3.49. The first-order valence-electron chi connectivity index (χ1n) is 12.9. The zero-order valence-corrected chi connectivity index (χ0v) is 22.9. The first-order valence-corrected chi connectivity index (χ1v) is 13.3. The van der Waals surface area contributed by atoms with Gasteiger partial charge in [-0.2, -0.15) is 18.3 Å². The Bertz CT molecular complexity index is 1700. The average molecular weight is 600 g/mol. The lowest BCUT2D eigenvalue weighted by Gasteiger charge is -2.58. The van der Waals surface area contributed by atoms with Gasteiger partial charge in [0.2, 0.25) is 0 Å². The van der Waals surface area contributed by atoms with Crippen molar-refractivity contribution < 1.29 is 22.8 Å². The van der Waals surface area contributed by atoms with E-state index in [0.29, 0.717) is 24.3 Å². The molecular weight excluding hydrogens is 575 g/mol. The van der Waals surface area contributed by atoms with Crippen molar-refractivity contribution in [3.05, 3.63) is 71.0 Å². The van der Waals surface area contributed by atoms with Gasteiger partial charge in [-0.3, -0.25) is 9.59 Å². The Morgan fingerprint density at radius 3 is 2.48 bits per heavy atom. The number of carbonyl (C=O) groups excluding carboxylic acids is 2. The molecule has 0 atom stereocenters. The maximum atomic E-state index is 13.9. The molecule has 2 amide bonds. The van der Waals surface area contributed by atoms with Crippen molar-refractivity contribution in [2.24, 2.45) is 18.2 Å². The van der Waals surface area contributed by atoms with Gasteiger partial charge in [0.15, 0.2) is 17.3 Å². The van der Waals surface area contributed by atoms with Gasteiger partial charge in [0, 0.05) is 43.5 Å². The molecule has 4 heterocycles. The van der Waals surface area contributed by atoms with Crippen LogP contribution in [0.2, 0.25) is 5.02 Å². The van der Waals surface area contributed by atoms with Gasteiger partial charge < -0.3 is 26.3 Å². The first-order chi connectivity index (χ1) is 19.8. The first kappa shape index (κ1) is 27.7. The van der Waals surface area contributed by atoms with Crippen molar-refractivity contribution in [1.82, 2.24) is 29.2 Å². The minimum absolute atomic E-state index is 0.00730. The number of nitrogens with one attached hydrogen (secondary N) is 1. The number of nitrogens with two attached hydrogens (primary N) is 2. The van der Waals surface area contributed by atoms with E-state index < -0.39 is 17.8 Å². The number of likely N-dealkylation sites (tertiary alicyclic amines) is 1. The lowest BCUT2D eigenvalue weighted by Crippen LogP contribution is -2.66. The highest BCUT2D eigenvalue weighted by atomic mass is 35.5. The number of amides is 2. The van der Waals surface area contributed by atoms with Gasteiger partial charge in [-0.15, -0.1) is 0 Å². The van der Waals surface area contributed by atoms with Gasteiger partial charge in [-0.05, 0) is 43.2 Å². The fourth-order valence-electron chi connectivity index (χ4n) is 5.63. The quantitative estimate of drug-likeness (QED) is 0.316. The zero-order chi connectivity index (χ0) is 30.0. The molecule has 1 aromatic carbocycles. The van der Waals surface area contributed by atoms with Crippen LogP contribution in [0.4, 0.5) is 24.5 Å². The Labute approximate surface area is 242 Å². The Kier molecular flexibility index (Phi) is 6.50. The van der Waals surface area contributed by atoms with Crippen LogP contribution in [0, 0.1) is 5.41 Å². The smallest absolute Gasteiger partial charge is 0.397 e. The number of alkyl halides is 3. The molecule has 1 saturated heterocycles. The number of halogens is 4. The number of rotatable bonds is 5. The number of imidazole rings is 1. The van der Waals surface area contributed by atoms with Crippen molar-refractivity contribution in [3.63, 3.8) is 0 Å². The number of hydrogen-bond acceptors (Lipinski definition) is 7. The van der Waals surface area contributed by atoms with Crippen LogP contribution in [-0.4, -0.2) is 60.2 Å². The molecule has 4 aromatic rings. The minimum atomic E-state index is -4.79. The Morgan fingerprint density at radius 1 is 1.12 bits per heavy atom. The molecule has 1 saturated carbocycles. The molecule has 11 nitrogen and oxygen atoms in total. The Morgan fingerprint density at radius 2 is 1.86 bits per heavy atom. The van der Waals surface area contributed by atoms with Crippen LogP contribution in [-0.2, 0) is 13.2 Å². The summed E-state index contributed by atoms with van der Waals surface area (Å²) in [6.07, 6.45) is 0.642. The van der Waals surface area contributed by atoms with Gasteiger partial charge in [0.1, 0.15) is 0 Å². The Balaban J connectivity index is 1.20. The van der Waals surface area contributed by atoms with E-state index in [4.69, 9.17) is 23.1 Å². The number of nitrogens with zero attached hydrogens (tertiary/aromatic N) is 6. The van der Waals surface area contributed by atoms with E-state index in [0.717, 1.165) is 29.9 Å². The predicted molar refractivity (Wildman–Crippen MR) is 148 cm³/mol. The van der Waals surface area contributed by atoms with E-state index in [1.54, 1.807) is 4.90 Å². The molecule has 5 N–H and O–H groups in total. The molecule has 0 bridgehead atoms. The van der Waals surface area contributed by atoms with Crippen molar-refractivity contribution in [2.45, 2.75) is 25.1 Å². The van der Waals surface area contributed by atoms with E-state index in [1.807, 2.05) is 0 Å². The highest BCUT2D eigenvalue weighted by molar-refractivity contribution is 6.34. The SMILES string of the molecule is Cn1c(-c2cn(-c3ccc(N)cn3)nc2C(F)(F)F)cnc1C(=O)Nc1ccc(C(=O)N2CC3(CC(N)C3)C2)c(Cl)c1. The van der Waals surface area contributed by atoms with Crippen LogP contribution >= 0.6 is 11.6 Å². The van der Waals surface area contributed by atoms with E-state index >= 15 is 0 Å². The number of pyridine rings is 1. The molecule has 6 rings (SSSR count). The van der Waals surface area contributed by atoms with Crippen LogP contribution in [0.15, 0.2) is 48.9 Å². The summed E-state index contributed by atoms with van der Waals surface area (Å²) in [5.74, 6) is -0.919. The van der Waals surface area contributed by atoms with Crippen molar-refractivity contribution in [1.29, 1.82) is 0 Å². The van der Waals surface area contributed by atoms with Gasteiger partial charge in [-0.1, -0.05) is 11.6 Å². The molecule has 3 aromatic heterocycles. The van der Waals surface area contributed by atoms with Gasteiger partial charge >= 0.3 is 6.18 Å². The second-order valence-electron chi connectivity index (χ2n) is 10.8. The van der Waals surface area contributed by atoms with E-state index in [2.05, 4.69) is 20.4 Å². The zero-order valence-electron chi connectivity index (χ0n) is 22.2. The van der Waals surface area contributed by atoms with Crippen LogP contribution in [0.5, 0.6) is 0 Å². The molecular formula is C27H25ClF3N9O2. The van der Waals surface area contributed by atoms with Crippen LogP contribution in [0.25, 0.3) is 17.1 Å². The fourth-order valence-corrected chi connectivity index (χ4v) is 5.89. The highest BCUT2D eigenvalue weighted by Gasteiger charge is 2.52.